The molecule has 0 spiro atoms. The van der Waals surface area contributed by atoms with E-state index in [1.54, 1.807) is 11.8 Å². The molecule has 0 radical (unpaired) electrons. The lowest BCUT2D eigenvalue weighted by molar-refractivity contribution is -0.136. The Balaban J connectivity index is 2.42. The molecule has 84 valence electrons. The molecule has 0 saturated heterocycles. The van der Waals surface area contributed by atoms with Gasteiger partial charge in [-0.25, -0.2) is 0 Å². The molecule has 0 aliphatic rings. The molecule has 0 aromatic carbocycles. The van der Waals surface area contributed by atoms with Crippen LogP contribution in [0.4, 0.5) is 0 Å². The maximum absolute atomic E-state index is 10.4. The van der Waals surface area contributed by atoms with Crippen molar-refractivity contribution in [2.75, 3.05) is 0 Å². The monoisotopic (exact) mass is 230 g/mol. The highest BCUT2D eigenvalue weighted by atomic mass is 32.2. The maximum atomic E-state index is 10.4. The summed E-state index contributed by atoms with van der Waals surface area (Å²) in [6.45, 7) is 4.24. The number of aromatic nitrogens is 2. The van der Waals surface area contributed by atoms with Crippen LogP contribution in [0, 0.1) is 0 Å². The summed E-state index contributed by atoms with van der Waals surface area (Å²) >= 11 is 1.73. The SMILES string of the molecule is CCC(C)SCc1noc(CC(=O)O)n1. The van der Waals surface area contributed by atoms with Gasteiger partial charge in [-0.15, -0.1) is 0 Å². The highest BCUT2D eigenvalue weighted by molar-refractivity contribution is 7.99. The second-order valence-electron chi connectivity index (χ2n) is 3.20. The number of carboxylic acid groups (broad SMARTS) is 1. The summed E-state index contributed by atoms with van der Waals surface area (Å²) in [6, 6.07) is 0. The van der Waals surface area contributed by atoms with Crippen LogP contribution in [-0.4, -0.2) is 26.5 Å². The zero-order valence-corrected chi connectivity index (χ0v) is 9.58. The van der Waals surface area contributed by atoms with Crippen LogP contribution in [0.3, 0.4) is 0 Å². The van der Waals surface area contributed by atoms with Crippen molar-refractivity contribution < 1.29 is 14.4 Å². The maximum Gasteiger partial charge on any atom is 0.312 e. The lowest BCUT2D eigenvalue weighted by Gasteiger charge is -2.04. The van der Waals surface area contributed by atoms with Gasteiger partial charge in [0.05, 0.1) is 5.75 Å². The molecule has 15 heavy (non-hydrogen) atoms. The van der Waals surface area contributed by atoms with Crippen molar-refractivity contribution in [2.24, 2.45) is 0 Å². The number of rotatable bonds is 6. The molecule has 5 nitrogen and oxygen atoms in total. The molecule has 1 aromatic heterocycles. The summed E-state index contributed by atoms with van der Waals surface area (Å²) in [5.41, 5.74) is 0. The molecule has 1 N–H and O–H groups in total. The third-order valence-corrected chi connectivity index (χ3v) is 3.21. The molecule has 0 aliphatic heterocycles. The van der Waals surface area contributed by atoms with Crippen molar-refractivity contribution >= 4 is 17.7 Å². The van der Waals surface area contributed by atoms with Crippen molar-refractivity contribution in [1.29, 1.82) is 0 Å². The fourth-order valence-corrected chi connectivity index (χ4v) is 1.67. The third-order valence-electron chi connectivity index (χ3n) is 1.88. The molecule has 1 heterocycles. The Morgan fingerprint density at radius 2 is 2.40 bits per heavy atom. The van der Waals surface area contributed by atoms with Gasteiger partial charge in [0.25, 0.3) is 0 Å². The fourth-order valence-electron chi connectivity index (χ4n) is 0.885. The third kappa shape index (κ3) is 4.33. The average Bonchev–Trinajstić information content (AvgIpc) is 2.61. The first-order chi connectivity index (χ1) is 7.11. The van der Waals surface area contributed by atoms with E-state index in [4.69, 9.17) is 9.63 Å². The van der Waals surface area contributed by atoms with Crippen molar-refractivity contribution in [3.63, 3.8) is 0 Å². The van der Waals surface area contributed by atoms with Gasteiger partial charge in [-0.1, -0.05) is 19.0 Å². The Morgan fingerprint density at radius 3 is 3.00 bits per heavy atom. The fraction of sp³-hybridized carbons (Fsp3) is 0.667. The Kier molecular flexibility index (Phi) is 4.61. The number of aliphatic carboxylic acids is 1. The van der Waals surface area contributed by atoms with Crippen molar-refractivity contribution in [3.05, 3.63) is 11.7 Å². The number of carbonyl (C=O) groups is 1. The van der Waals surface area contributed by atoms with E-state index in [-0.39, 0.29) is 12.3 Å². The molecule has 1 unspecified atom stereocenters. The smallest absolute Gasteiger partial charge is 0.312 e. The van der Waals surface area contributed by atoms with Gasteiger partial charge in [0.2, 0.25) is 5.89 Å². The van der Waals surface area contributed by atoms with Gasteiger partial charge in [-0.2, -0.15) is 16.7 Å². The van der Waals surface area contributed by atoms with Gasteiger partial charge in [0.1, 0.15) is 6.42 Å². The molecule has 0 saturated carbocycles. The molecule has 0 fully saturated rings. The normalized spacial score (nSPS) is 12.7. The van der Waals surface area contributed by atoms with E-state index in [2.05, 4.69) is 24.0 Å². The second-order valence-corrected chi connectivity index (χ2v) is 4.63. The summed E-state index contributed by atoms with van der Waals surface area (Å²) < 4.78 is 4.79. The lowest BCUT2D eigenvalue weighted by atomic mass is 10.4. The molecular weight excluding hydrogens is 216 g/mol. The summed E-state index contributed by atoms with van der Waals surface area (Å²) in [5.74, 6) is 0.441. The van der Waals surface area contributed by atoms with Crippen LogP contribution in [0.25, 0.3) is 0 Å². The standard InChI is InChI=1S/C9H14N2O3S/c1-3-6(2)15-5-7-10-8(14-11-7)4-9(12)13/h6H,3-5H2,1-2H3,(H,12,13). The quantitative estimate of drug-likeness (QED) is 0.802. The number of hydrogen-bond acceptors (Lipinski definition) is 5. The van der Waals surface area contributed by atoms with Crippen LogP contribution in [-0.2, 0) is 17.0 Å². The van der Waals surface area contributed by atoms with E-state index in [0.29, 0.717) is 16.8 Å². The zero-order valence-electron chi connectivity index (χ0n) is 8.77. The largest absolute Gasteiger partial charge is 0.481 e. The van der Waals surface area contributed by atoms with E-state index in [1.807, 2.05) is 0 Å². The minimum Gasteiger partial charge on any atom is -0.481 e. The minimum absolute atomic E-state index is 0.169. The van der Waals surface area contributed by atoms with E-state index in [9.17, 15) is 4.79 Å². The van der Waals surface area contributed by atoms with E-state index in [1.165, 1.54) is 0 Å². The lowest BCUT2D eigenvalue weighted by Crippen LogP contribution is -2.00. The first-order valence-electron chi connectivity index (χ1n) is 4.76. The number of thioether (sulfide) groups is 1. The van der Waals surface area contributed by atoms with Crippen LogP contribution < -0.4 is 0 Å². The van der Waals surface area contributed by atoms with Crippen LogP contribution in [0.1, 0.15) is 32.0 Å². The van der Waals surface area contributed by atoms with E-state index in [0.717, 1.165) is 6.42 Å². The highest BCUT2D eigenvalue weighted by Crippen LogP contribution is 2.17. The minimum atomic E-state index is -0.959. The molecule has 0 aliphatic carbocycles. The average molecular weight is 230 g/mol. The van der Waals surface area contributed by atoms with Crippen molar-refractivity contribution in [2.45, 2.75) is 37.7 Å². The Bertz CT molecular complexity index is 327. The van der Waals surface area contributed by atoms with Crippen LogP contribution in [0.15, 0.2) is 4.52 Å². The van der Waals surface area contributed by atoms with Crippen molar-refractivity contribution in [1.82, 2.24) is 10.1 Å². The van der Waals surface area contributed by atoms with E-state index < -0.39 is 5.97 Å². The topological polar surface area (TPSA) is 76.2 Å². The summed E-state index contributed by atoms with van der Waals surface area (Å²) in [4.78, 5) is 14.3. The van der Waals surface area contributed by atoms with Crippen LogP contribution in [0.2, 0.25) is 0 Å². The number of nitrogens with zero attached hydrogens (tertiary/aromatic N) is 2. The van der Waals surface area contributed by atoms with Gasteiger partial charge in [0, 0.05) is 5.25 Å². The molecule has 0 amide bonds. The molecule has 0 bridgehead atoms. The second kappa shape index (κ2) is 5.75. The van der Waals surface area contributed by atoms with Crippen molar-refractivity contribution in [3.8, 4) is 0 Å². The molecule has 1 aromatic rings. The van der Waals surface area contributed by atoms with Gasteiger partial charge in [-0.3, -0.25) is 4.79 Å². The first kappa shape index (κ1) is 12.0. The van der Waals surface area contributed by atoms with Gasteiger partial charge < -0.3 is 9.63 Å². The number of hydrogen-bond donors (Lipinski definition) is 1. The predicted octanol–water partition coefficient (Wildman–Crippen LogP) is 1.73. The van der Waals surface area contributed by atoms with Gasteiger partial charge in [-0.05, 0) is 6.42 Å². The van der Waals surface area contributed by atoms with Crippen LogP contribution >= 0.6 is 11.8 Å². The summed E-state index contributed by atoms with van der Waals surface area (Å²) in [6.07, 6.45) is 0.880. The molecule has 1 rings (SSSR count). The highest BCUT2D eigenvalue weighted by Gasteiger charge is 2.10. The predicted molar refractivity (Wildman–Crippen MR) is 56.7 cm³/mol. The van der Waals surface area contributed by atoms with Gasteiger partial charge >= 0.3 is 5.97 Å². The van der Waals surface area contributed by atoms with Gasteiger partial charge in [0.15, 0.2) is 5.82 Å². The Labute approximate surface area is 92.2 Å². The first-order valence-corrected chi connectivity index (χ1v) is 5.81. The zero-order chi connectivity index (χ0) is 11.3. The summed E-state index contributed by atoms with van der Waals surface area (Å²) in [5, 5.41) is 12.8. The molecular formula is C9H14N2O3S. The Hall–Kier alpha value is -1.04. The van der Waals surface area contributed by atoms with E-state index >= 15 is 0 Å². The number of carboxylic acids is 1. The summed E-state index contributed by atoms with van der Waals surface area (Å²) in [7, 11) is 0. The van der Waals surface area contributed by atoms with Crippen LogP contribution in [0.5, 0.6) is 0 Å². The Morgan fingerprint density at radius 1 is 1.67 bits per heavy atom. The molecule has 1 atom stereocenters. The molecule has 6 heteroatoms.